The van der Waals surface area contributed by atoms with Crippen LogP contribution in [0.2, 0.25) is 0 Å². The Morgan fingerprint density at radius 1 is 1.04 bits per heavy atom. The molecular weight excluding hydrogens is 416 g/mol. The van der Waals surface area contributed by atoms with Gasteiger partial charge in [-0.15, -0.1) is 0 Å². The third-order valence-electron chi connectivity index (χ3n) is 3.19. The van der Waals surface area contributed by atoms with Crippen LogP contribution in [0.4, 0.5) is 0 Å². The van der Waals surface area contributed by atoms with Gasteiger partial charge < -0.3 is 10.1 Å². The number of hydrogen-bond donors (Lipinski definition) is 3. The summed E-state index contributed by atoms with van der Waals surface area (Å²) in [5.74, 6) is -1.17. The molecule has 3 N–H and O–H groups in total. The highest BCUT2D eigenvalue weighted by Crippen LogP contribution is 2.12. The number of ether oxygens (including phenoxy) is 1. The lowest BCUT2D eigenvalue weighted by molar-refractivity contribution is -0.129. The maximum Gasteiger partial charge on any atom is 0.276 e. The third kappa shape index (κ3) is 6.80. The molecule has 0 radical (unpaired) electrons. The van der Waals surface area contributed by atoms with Crippen LogP contribution < -0.4 is 20.9 Å². The first-order valence-electron chi connectivity index (χ1n) is 7.72. The minimum Gasteiger partial charge on any atom is -0.484 e. The number of rotatable bonds is 6. The lowest BCUT2D eigenvalue weighted by Crippen LogP contribution is -2.47. The fraction of sp³-hybridized carbons (Fsp3) is 0.111. The van der Waals surface area contributed by atoms with Gasteiger partial charge in [0.15, 0.2) is 6.61 Å². The second kappa shape index (κ2) is 9.94. The molecule has 0 fully saturated rings. The van der Waals surface area contributed by atoms with Crippen molar-refractivity contribution < 1.29 is 19.1 Å². The third-order valence-corrected chi connectivity index (χ3v) is 3.68. The van der Waals surface area contributed by atoms with Crippen LogP contribution in [-0.2, 0) is 9.59 Å². The Balaban J connectivity index is 1.67. The number of hydrogen-bond acceptors (Lipinski definition) is 5. The molecule has 27 heavy (non-hydrogen) atoms. The minimum absolute atomic E-state index is 0.303. The number of benzene rings is 2. The Hall–Kier alpha value is -3.38. The van der Waals surface area contributed by atoms with E-state index in [0.717, 1.165) is 4.47 Å². The second-order valence-corrected chi connectivity index (χ2v) is 6.13. The molecule has 0 heterocycles. The van der Waals surface area contributed by atoms with Crippen molar-refractivity contribution >= 4 is 33.7 Å². The first kappa shape index (κ1) is 19.9. The van der Waals surface area contributed by atoms with Crippen molar-refractivity contribution in [3.63, 3.8) is 0 Å². The van der Waals surface area contributed by atoms with E-state index in [4.69, 9.17) is 10.00 Å². The fourth-order valence-electron chi connectivity index (χ4n) is 1.89. The number of nitrogens with one attached hydrogen (secondary N) is 3. The number of nitrogens with zero attached hydrogens (tertiary/aromatic N) is 1. The number of halogens is 1. The predicted octanol–water partition coefficient (Wildman–Crippen LogP) is 1.28. The molecule has 0 spiro atoms. The molecule has 3 amide bonds. The highest BCUT2D eigenvalue weighted by molar-refractivity contribution is 9.10. The zero-order valence-electron chi connectivity index (χ0n) is 14.0. The van der Waals surface area contributed by atoms with Crippen LogP contribution in [-0.4, -0.2) is 30.9 Å². The largest absolute Gasteiger partial charge is 0.484 e. The second-order valence-electron chi connectivity index (χ2n) is 5.21. The van der Waals surface area contributed by atoms with E-state index >= 15 is 0 Å². The number of amides is 3. The van der Waals surface area contributed by atoms with E-state index in [0.29, 0.717) is 16.9 Å². The van der Waals surface area contributed by atoms with E-state index in [1.807, 2.05) is 6.07 Å². The maximum atomic E-state index is 11.9. The average molecular weight is 431 g/mol. The Bertz CT molecular complexity index is 878. The standard InChI is InChI=1S/C18H15BrN4O4/c19-14-3-1-2-13(8-14)18(26)21-10-16(24)22-23-17(25)11-27-15-6-4-12(9-20)5-7-15/h1-8H,10-11H2,(H,21,26)(H,22,24)(H,23,25). The monoisotopic (exact) mass is 430 g/mol. The van der Waals surface area contributed by atoms with Crippen LogP contribution in [0.15, 0.2) is 53.0 Å². The molecule has 0 atom stereocenters. The van der Waals surface area contributed by atoms with Gasteiger partial charge in [0.2, 0.25) is 0 Å². The van der Waals surface area contributed by atoms with Gasteiger partial charge in [0.1, 0.15) is 5.75 Å². The summed E-state index contributed by atoms with van der Waals surface area (Å²) in [6.07, 6.45) is 0. The van der Waals surface area contributed by atoms with Crippen molar-refractivity contribution in [2.24, 2.45) is 0 Å². The molecule has 0 aromatic heterocycles. The van der Waals surface area contributed by atoms with E-state index in [-0.39, 0.29) is 13.2 Å². The first-order chi connectivity index (χ1) is 13.0. The van der Waals surface area contributed by atoms with Crippen LogP contribution in [0.5, 0.6) is 5.75 Å². The van der Waals surface area contributed by atoms with Gasteiger partial charge in [-0.2, -0.15) is 5.26 Å². The van der Waals surface area contributed by atoms with Gasteiger partial charge in [0.05, 0.1) is 18.2 Å². The van der Waals surface area contributed by atoms with Crippen molar-refractivity contribution in [2.45, 2.75) is 0 Å². The number of hydrazine groups is 1. The Morgan fingerprint density at radius 3 is 2.41 bits per heavy atom. The maximum absolute atomic E-state index is 11.9. The summed E-state index contributed by atoms with van der Waals surface area (Å²) in [6.45, 7) is -0.626. The molecule has 0 aliphatic rings. The summed E-state index contributed by atoms with van der Waals surface area (Å²) < 4.78 is 5.96. The summed E-state index contributed by atoms with van der Waals surface area (Å²) in [7, 11) is 0. The SMILES string of the molecule is N#Cc1ccc(OCC(=O)NNC(=O)CNC(=O)c2cccc(Br)c2)cc1. The van der Waals surface area contributed by atoms with Gasteiger partial charge in [-0.1, -0.05) is 22.0 Å². The summed E-state index contributed by atoms with van der Waals surface area (Å²) in [5, 5.41) is 11.1. The van der Waals surface area contributed by atoms with E-state index in [1.54, 1.807) is 48.5 Å². The molecule has 0 aliphatic heterocycles. The summed E-state index contributed by atoms with van der Waals surface area (Å²) in [6, 6.07) is 14.9. The molecule has 2 rings (SSSR count). The Morgan fingerprint density at radius 2 is 1.74 bits per heavy atom. The van der Waals surface area contributed by atoms with Crippen molar-refractivity contribution in [1.29, 1.82) is 5.26 Å². The van der Waals surface area contributed by atoms with Crippen molar-refractivity contribution in [1.82, 2.24) is 16.2 Å². The lowest BCUT2D eigenvalue weighted by atomic mass is 10.2. The summed E-state index contributed by atoms with van der Waals surface area (Å²) >= 11 is 3.26. The molecule has 9 heteroatoms. The highest BCUT2D eigenvalue weighted by Gasteiger charge is 2.09. The molecule has 0 aliphatic carbocycles. The normalized spacial score (nSPS) is 9.63. The fourth-order valence-corrected chi connectivity index (χ4v) is 2.29. The number of nitriles is 1. The van der Waals surface area contributed by atoms with Crippen molar-refractivity contribution in [3.8, 4) is 11.8 Å². The van der Waals surface area contributed by atoms with E-state index < -0.39 is 17.7 Å². The molecule has 0 saturated heterocycles. The van der Waals surface area contributed by atoms with Crippen LogP contribution in [0.25, 0.3) is 0 Å². The summed E-state index contributed by atoms with van der Waals surface area (Å²) in [5.41, 5.74) is 5.22. The topological polar surface area (TPSA) is 120 Å². The van der Waals surface area contributed by atoms with Crippen LogP contribution in [0.3, 0.4) is 0 Å². The van der Waals surface area contributed by atoms with Crippen molar-refractivity contribution in [3.05, 3.63) is 64.1 Å². The Labute approximate surface area is 163 Å². The smallest absolute Gasteiger partial charge is 0.276 e. The van der Waals surface area contributed by atoms with Gasteiger partial charge in [-0.05, 0) is 42.5 Å². The quantitative estimate of drug-likeness (QED) is 0.596. The predicted molar refractivity (Wildman–Crippen MR) is 99.4 cm³/mol. The number of carbonyl (C=O) groups excluding carboxylic acids is 3. The van der Waals surface area contributed by atoms with E-state index in [1.165, 1.54) is 0 Å². The molecule has 0 saturated carbocycles. The molecule has 0 bridgehead atoms. The minimum atomic E-state index is -0.593. The average Bonchev–Trinajstić information content (AvgIpc) is 2.69. The van der Waals surface area contributed by atoms with Gasteiger partial charge in [0.25, 0.3) is 17.7 Å². The first-order valence-corrected chi connectivity index (χ1v) is 8.51. The molecular formula is C18H15BrN4O4. The lowest BCUT2D eigenvalue weighted by Gasteiger charge is -2.09. The Kier molecular flexibility index (Phi) is 7.34. The number of carbonyl (C=O) groups is 3. The zero-order valence-corrected chi connectivity index (χ0v) is 15.6. The van der Waals surface area contributed by atoms with E-state index in [2.05, 4.69) is 32.1 Å². The van der Waals surface area contributed by atoms with Gasteiger partial charge in [-0.3, -0.25) is 25.2 Å². The molecule has 138 valence electrons. The van der Waals surface area contributed by atoms with E-state index in [9.17, 15) is 14.4 Å². The van der Waals surface area contributed by atoms with Crippen LogP contribution in [0.1, 0.15) is 15.9 Å². The van der Waals surface area contributed by atoms with Gasteiger partial charge in [-0.25, -0.2) is 0 Å². The van der Waals surface area contributed by atoms with Gasteiger partial charge in [0, 0.05) is 10.0 Å². The van der Waals surface area contributed by atoms with Gasteiger partial charge >= 0.3 is 0 Å². The van der Waals surface area contributed by atoms with Crippen LogP contribution >= 0.6 is 15.9 Å². The zero-order chi connectivity index (χ0) is 19.6. The molecule has 2 aromatic rings. The van der Waals surface area contributed by atoms with Crippen LogP contribution in [0, 0.1) is 11.3 Å². The highest BCUT2D eigenvalue weighted by atomic mass is 79.9. The van der Waals surface area contributed by atoms with Crippen molar-refractivity contribution in [2.75, 3.05) is 13.2 Å². The summed E-state index contributed by atoms with van der Waals surface area (Å²) in [4.78, 5) is 35.2. The molecule has 8 nitrogen and oxygen atoms in total. The molecule has 2 aromatic carbocycles. The molecule has 0 unspecified atom stereocenters.